The van der Waals surface area contributed by atoms with Gasteiger partial charge in [-0.2, -0.15) is 0 Å². The Kier molecular flexibility index (Phi) is 5.09. The van der Waals surface area contributed by atoms with E-state index in [1.54, 1.807) is 0 Å². The molecule has 0 nitrogen and oxygen atoms in total. The molecule has 0 saturated heterocycles. The van der Waals surface area contributed by atoms with Crippen molar-refractivity contribution in [1.82, 2.24) is 0 Å². The Balaban J connectivity index is 0.000000136. The maximum Gasteiger partial charge on any atom is 0.0283 e. The third-order valence-electron chi connectivity index (χ3n) is 3.87. The number of rotatable bonds is 1. The molecule has 23 heavy (non-hydrogen) atoms. The molecule has 0 aliphatic rings. The van der Waals surface area contributed by atoms with Gasteiger partial charge in [0, 0.05) is 5.33 Å². The van der Waals surface area contributed by atoms with Crippen molar-refractivity contribution in [3.05, 3.63) is 96.1 Å². The van der Waals surface area contributed by atoms with E-state index in [-0.39, 0.29) is 0 Å². The summed E-state index contributed by atoms with van der Waals surface area (Å²) in [4.78, 5) is 0. The summed E-state index contributed by atoms with van der Waals surface area (Å²) in [5.74, 6) is 0. The number of aryl methyl sites for hydroxylation is 1. The molecule has 0 fully saturated rings. The van der Waals surface area contributed by atoms with Crippen LogP contribution in [-0.2, 0) is 5.33 Å². The molecule has 0 atom stereocenters. The van der Waals surface area contributed by atoms with Crippen LogP contribution in [-0.4, -0.2) is 0 Å². The van der Waals surface area contributed by atoms with Crippen molar-refractivity contribution in [2.45, 2.75) is 12.3 Å². The van der Waals surface area contributed by atoms with Crippen molar-refractivity contribution in [2.75, 3.05) is 0 Å². The summed E-state index contributed by atoms with van der Waals surface area (Å²) in [5, 5.41) is 6.19. The first-order chi connectivity index (χ1) is 11.3. The van der Waals surface area contributed by atoms with Gasteiger partial charge in [0.1, 0.15) is 0 Å². The highest BCUT2D eigenvalue weighted by Gasteiger charge is 1.93. The van der Waals surface area contributed by atoms with Gasteiger partial charge in [0.15, 0.2) is 0 Å². The quantitative estimate of drug-likeness (QED) is 0.323. The largest absolute Gasteiger partial charge is 0.0876 e. The number of alkyl halides is 1. The molecule has 0 unspecified atom stereocenters. The Bertz CT molecular complexity index is 925. The molecule has 0 saturated carbocycles. The van der Waals surface area contributed by atoms with Crippen LogP contribution in [0.1, 0.15) is 11.1 Å². The maximum absolute atomic E-state index is 3.44. The second-order valence-electron chi connectivity index (χ2n) is 5.67. The van der Waals surface area contributed by atoms with E-state index in [9.17, 15) is 0 Å². The Labute approximate surface area is 145 Å². The van der Waals surface area contributed by atoms with E-state index in [0.29, 0.717) is 0 Å². The monoisotopic (exact) mass is 362 g/mol. The molecule has 4 aromatic rings. The maximum atomic E-state index is 3.44. The lowest BCUT2D eigenvalue weighted by Crippen LogP contribution is -1.77. The molecule has 0 bridgehead atoms. The average molecular weight is 363 g/mol. The summed E-state index contributed by atoms with van der Waals surface area (Å²) in [6.45, 7) is 2.12. The lowest BCUT2D eigenvalue weighted by Gasteiger charge is -1.98. The standard InChI is InChI=1S/C11H9Br.C11H10/c12-8-9-5-6-10-3-1-2-4-11(10)7-9;1-9-6-7-10-4-2-3-5-11(10)8-9/h1-7H,8H2;2-8H,1H3. The van der Waals surface area contributed by atoms with Crippen molar-refractivity contribution in [3.63, 3.8) is 0 Å². The van der Waals surface area contributed by atoms with Gasteiger partial charge in [0.25, 0.3) is 0 Å². The minimum atomic E-state index is 0.928. The summed E-state index contributed by atoms with van der Waals surface area (Å²) in [5.41, 5.74) is 2.65. The lowest BCUT2D eigenvalue weighted by atomic mass is 10.1. The Morgan fingerprint density at radius 3 is 1.74 bits per heavy atom. The average Bonchev–Trinajstić information content (AvgIpc) is 2.61. The Hall–Kier alpha value is -2.12. The molecule has 1 heteroatoms. The molecule has 0 amide bonds. The molecule has 0 aliphatic heterocycles. The highest BCUT2D eigenvalue weighted by Crippen LogP contribution is 2.17. The lowest BCUT2D eigenvalue weighted by molar-refractivity contribution is 1.47. The molecule has 0 aromatic heterocycles. The first kappa shape index (κ1) is 15.8. The van der Waals surface area contributed by atoms with Gasteiger partial charge in [-0.25, -0.2) is 0 Å². The van der Waals surface area contributed by atoms with Gasteiger partial charge in [-0.15, -0.1) is 0 Å². The van der Waals surface area contributed by atoms with Gasteiger partial charge in [-0.3, -0.25) is 0 Å². The molecular weight excluding hydrogens is 344 g/mol. The zero-order chi connectivity index (χ0) is 16.1. The predicted octanol–water partition coefficient (Wildman–Crippen LogP) is 6.88. The molecule has 4 rings (SSSR count). The number of hydrogen-bond acceptors (Lipinski definition) is 0. The van der Waals surface area contributed by atoms with Gasteiger partial charge in [0.05, 0.1) is 0 Å². The molecule has 0 N–H and O–H groups in total. The van der Waals surface area contributed by atoms with Crippen molar-refractivity contribution in [3.8, 4) is 0 Å². The number of hydrogen-bond donors (Lipinski definition) is 0. The Morgan fingerprint density at radius 1 is 0.609 bits per heavy atom. The molecule has 0 spiro atoms. The van der Waals surface area contributed by atoms with E-state index in [0.717, 1.165) is 5.33 Å². The zero-order valence-electron chi connectivity index (χ0n) is 13.2. The summed E-state index contributed by atoms with van der Waals surface area (Å²) in [6.07, 6.45) is 0. The zero-order valence-corrected chi connectivity index (χ0v) is 14.8. The highest BCUT2D eigenvalue weighted by molar-refractivity contribution is 9.08. The van der Waals surface area contributed by atoms with Crippen molar-refractivity contribution >= 4 is 37.5 Å². The summed E-state index contributed by atoms with van der Waals surface area (Å²) >= 11 is 3.44. The minimum absolute atomic E-state index is 0.928. The van der Waals surface area contributed by atoms with Gasteiger partial charge < -0.3 is 0 Å². The summed E-state index contributed by atoms with van der Waals surface area (Å²) < 4.78 is 0. The normalized spacial score (nSPS) is 10.3. The number of halogens is 1. The third kappa shape index (κ3) is 4.00. The highest BCUT2D eigenvalue weighted by atomic mass is 79.9. The van der Waals surface area contributed by atoms with E-state index in [1.165, 1.54) is 32.7 Å². The molecule has 0 aliphatic carbocycles. The SMILES string of the molecule is BrCc1ccc2ccccc2c1.Cc1ccc2ccccc2c1. The Morgan fingerprint density at radius 2 is 1.13 bits per heavy atom. The number of fused-ring (bicyclic) bond motifs is 2. The van der Waals surface area contributed by atoms with Crippen LogP contribution in [0.15, 0.2) is 84.9 Å². The third-order valence-corrected chi connectivity index (χ3v) is 4.52. The molecule has 0 heterocycles. The fourth-order valence-electron chi connectivity index (χ4n) is 2.63. The molecule has 0 radical (unpaired) electrons. The summed E-state index contributed by atoms with van der Waals surface area (Å²) in [6, 6.07) is 29.8. The molecule has 114 valence electrons. The van der Waals surface area contributed by atoms with Crippen LogP contribution < -0.4 is 0 Å². The van der Waals surface area contributed by atoms with Crippen molar-refractivity contribution in [1.29, 1.82) is 0 Å². The predicted molar refractivity (Wildman–Crippen MR) is 105 cm³/mol. The van der Waals surface area contributed by atoms with Crippen LogP contribution in [0.4, 0.5) is 0 Å². The first-order valence-corrected chi connectivity index (χ1v) is 8.87. The van der Waals surface area contributed by atoms with E-state index in [1.807, 2.05) is 0 Å². The summed E-state index contributed by atoms with van der Waals surface area (Å²) in [7, 11) is 0. The van der Waals surface area contributed by atoms with Crippen LogP contribution in [0.3, 0.4) is 0 Å². The second kappa shape index (κ2) is 7.43. The van der Waals surface area contributed by atoms with Crippen LogP contribution in [0.5, 0.6) is 0 Å². The number of benzene rings is 4. The van der Waals surface area contributed by atoms with Crippen LogP contribution in [0.25, 0.3) is 21.5 Å². The van der Waals surface area contributed by atoms with E-state index >= 15 is 0 Å². The van der Waals surface area contributed by atoms with Crippen LogP contribution in [0.2, 0.25) is 0 Å². The van der Waals surface area contributed by atoms with E-state index < -0.39 is 0 Å². The smallest absolute Gasteiger partial charge is 0.0283 e. The second-order valence-corrected chi connectivity index (χ2v) is 6.23. The van der Waals surface area contributed by atoms with Crippen molar-refractivity contribution < 1.29 is 0 Å². The van der Waals surface area contributed by atoms with Crippen LogP contribution >= 0.6 is 15.9 Å². The fraction of sp³-hybridized carbons (Fsp3) is 0.0909. The van der Waals surface area contributed by atoms with Crippen LogP contribution in [0, 0.1) is 6.92 Å². The minimum Gasteiger partial charge on any atom is -0.0876 e. The topological polar surface area (TPSA) is 0 Å². The molecular formula is C22H19Br. The first-order valence-electron chi connectivity index (χ1n) is 7.75. The van der Waals surface area contributed by atoms with Gasteiger partial charge in [-0.1, -0.05) is 106 Å². The van der Waals surface area contributed by atoms with Gasteiger partial charge in [-0.05, 0) is 34.0 Å². The van der Waals surface area contributed by atoms with Crippen molar-refractivity contribution in [2.24, 2.45) is 0 Å². The van der Waals surface area contributed by atoms with E-state index in [4.69, 9.17) is 0 Å². The van der Waals surface area contributed by atoms with E-state index in [2.05, 4.69) is 108 Å². The van der Waals surface area contributed by atoms with Gasteiger partial charge >= 0.3 is 0 Å². The fourth-order valence-corrected chi connectivity index (χ4v) is 2.98. The van der Waals surface area contributed by atoms with Gasteiger partial charge in [0.2, 0.25) is 0 Å². The molecule has 4 aromatic carbocycles.